The topological polar surface area (TPSA) is 88.0 Å². The highest BCUT2D eigenvalue weighted by Gasteiger charge is 2.10. The predicted molar refractivity (Wildman–Crippen MR) is 65.5 cm³/mol. The smallest absolute Gasteiger partial charge is 0.271 e. The minimum atomic E-state index is -0.172. The van der Waals surface area contributed by atoms with Gasteiger partial charge >= 0.3 is 0 Å². The summed E-state index contributed by atoms with van der Waals surface area (Å²) in [6.45, 7) is 0.510. The van der Waals surface area contributed by atoms with E-state index < -0.39 is 0 Å². The van der Waals surface area contributed by atoms with Crippen LogP contribution in [0.2, 0.25) is 0 Å². The fraction of sp³-hybridized carbons (Fsp3) is 0.200. The first kappa shape index (κ1) is 10.9. The first-order valence-electron chi connectivity index (χ1n) is 5.38. The lowest BCUT2D eigenvalue weighted by Gasteiger charge is -2.00. The largest absolute Gasteiger partial charge is 0.350 e. The van der Waals surface area contributed by atoms with E-state index in [-0.39, 0.29) is 5.91 Å². The average molecular weight is 262 g/mol. The fourth-order valence-electron chi connectivity index (χ4n) is 1.58. The van der Waals surface area contributed by atoms with Crippen molar-refractivity contribution in [1.29, 1.82) is 0 Å². The number of carbonyl (C=O) groups is 1. The Morgan fingerprint density at radius 1 is 1.56 bits per heavy atom. The summed E-state index contributed by atoms with van der Waals surface area (Å²) in [5, 5.41) is 14.9. The Kier molecular flexibility index (Phi) is 2.77. The summed E-state index contributed by atoms with van der Waals surface area (Å²) in [6, 6.07) is 0. The SMILES string of the molecule is O=C(NCCc1cn[nH]n1)c1cn2ccsc2n1. The van der Waals surface area contributed by atoms with Crippen molar-refractivity contribution >= 4 is 22.2 Å². The second-order valence-corrected chi connectivity index (χ2v) is 4.56. The van der Waals surface area contributed by atoms with Crippen molar-refractivity contribution < 1.29 is 4.79 Å². The van der Waals surface area contributed by atoms with E-state index in [9.17, 15) is 4.79 Å². The summed E-state index contributed by atoms with van der Waals surface area (Å²) >= 11 is 1.50. The Bertz CT molecular complexity index is 626. The Labute approximate surface area is 106 Å². The van der Waals surface area contributed by atoms with E-state index in [0.29, 0.717) is 18.7 Å². The zero-order valence-corrected chi connectivity index (χ0v) is 10.1. The van der Waals surface area contributed by atoms with Gasteiger partial charge in [-0.15, -0.1) is 11.3 Å². The number of hydrogen-bond acceptors (Lipinski definition) is 5. The number of fused-ring (bicyclic) bond motifs is 1. The molecule has 1 amide bonds. The van der Waals surface area contributed by atoms with E-state index in [1.807, 2.05) is 16.0 Å². The molecule has 18 heavy (non-hydrogen) atoms. The maximum atomic E-state index is 11.8. The monoisotopic (exact) mass is 262 g/mol. The van der Waals surface area contributed by atoms with Crippen molar-refractivity contribution in [3.63, 3.8) is 0 Å². The second-order valence-electron chi connectivity index (χ2n) is 3.69. The predicted octanol–water partition coefficient (Wildman–Crippen LogP) is 0.486. The number of H-pyrrole nitrogens is 1. The Morgan fingerprint density at radius 3 is 3.28 bits per heavy atom. The second kappa shape index (κ2) is 4.57. The van der Waals surface area contributed by atoms with Gasteiger partial charge in [-0.25, -0.2) is 4.98 Å². The van der Waals surface area contributed by atoms with Gasteiger partial charge in [0.25, 0.3) is 5.91 Å². The molecule has 92 valence electrons. The molecule has 0 radical (unpaired) electrons. The lowest BCUT2D eigenvalue weighted by atomic mass is 10.3. The molecule has 0 fully saturated rings. The molecular weight excluding hydrogens is 252 g/mol. The maximum absolute atomic E-state index is 11.8. The number of thiazole rings is 1. The summed E-state index contributed by atoms with van der Waals surface area (Å²) < 4.78 is 1.83. The number of aromatic nitrogens is 5. The zero-order valence-electron chi connectivity index (χ0n) is 9.33. The molecule has 0 aliphatic heterocycles. The number of imidazole rings is 1. The van der Waals surface area contributed by atoms with Crippen molar-refractivity contribution in [3.05, 3.63) is 35.4 Å². The molecule has 7 nitrogen and oxygen atoms in total. The van der Waals surface area contributed by atoms with Crippen molar-refractivity contribution in [2.75, 3.05) is 6.54 Å². The molecule has 0 saturated heterocycles. The van der Waals surface area contributed by atoms with E-state index >= 15 is 0 Å². The van der Waals surface area contributed by atoms with Crippen molar-refractivity contribution in [2.45, 2.75) is 6.42 Å². The molecule has 0 atom stereocenters. The van der Waals surface area contributed by atoms with Gasteiger partial charge in [0.15, 0.2) is 4.96 Å². The quantitative estimate of drug-likeness (QED) is 0.716. The Morgan fingerprint density at radius 2 is 2.50 bits per heavy atom. The van der Waals surface area contributed by atoms with Crippen LogP contribution in [0.3, 0.4) is 0 Å². The zero-order chi connectivity index (χ0) is 12.4. The lowest BCUT2D eigenvalue weighted by molar-refractivity contribution is 0.0949. The molecule has 0 aliphatic carbocycles. The summed E-state index contributed by atoms with van der Waals surface area (Å²) in [5.41, 5.74) is 1.25. The summed E-state index contributed by atoms with van der Waals surface area (Å²) in [7, 11) is 0. The number of nitrogens with one attached hydrogen (secondary N) is 2. The molecule has 0 saturated carbocycles. The molecule has 2 N–H and O–H groups in total. The molecule has 0 spiro atoms. The number of hydrogen-bond donors (Lipinski definition) is 2. The number of amides is 1. The van der Waals surface area contributed by atoms with Crippen molar-refractivity contribution in [2.24, 2.45) is 0 Å². The third kappa shape index (κ3) is 2.09. The highest BCUT2D eigenvalue weighted by atomic mass is 32.1. The average Bonchev–Trinajstić information content (AvgIpc) is 3.04. The van der Waals surface area contributed by atoms with Crippen LogP contribution in [-0.2, 0) is 6.42 Å². The van der Waals surface area contributed by atoms with Crippen molar-refractivity contribution in [1.82, 2.24) is 30.1 Å². The molecule has 8 heteroatoms. The Balaban J connectivity index is 1.59. The molecular formula is C10H10N6OS. The van der Waals surface area contributed by atoms with Crippen LogP contribution in [0.5, 0.6) is 0 Å². The highest BCUT2D eigenvalue weighted by molar-refractivity contribution is 7.15. The van der Waals surface area contributed by atoms with Crippen LogP contribution >= 0.6 is 11.3 Å². The molecule has 3 aromatic heterocycles. The summed E-state index contributed by atoms with van der Waals surface area (Å²) in [4.78, 5) is 16.9. The van der Waals surface area contributed by atoms with E-state index in [4.69, 9.17) is 0 Å². The molecule has 3 rings (SSSR count). The van der Waals surface area contributed by atoms with Gasteiger partial charge in [-0.1, -0.05) is 0 Å². The maximum Gasteiger partial charge on any atom is 0.271 e. The number of carbonyl (C=O) groups excluding carboxylic acids is 1. The van der Waals surface area contributed by atoms with Crippen LogP contribution in [0.1, 0.15) is 16.2 Å². The van der Waals surface area contributed by atoms with Crippen LogP contribution in [-0.4, -0.2) is 37.2 Å². The molecule has 3 aromatic rings. The van der Waals surface area contributed by atoms with Gasteiger partial charge in [0.05, 0.1) is 11.9 Å². The van der Waals surface area contributed by atoms with Gasteiger partial charge in [0, 0.05) is 30.7 Å². The van der Waals surface area contributed by atoms with Gasteiger partial charge in [-0.05, 0) is 0 Å². The highest BCUT2D eigenvalue weighted by Crippen LogP contribution is 2.11. The van der Waals surface area contributed by atoms with E-state index in [1.165, 1.54) is 11.3 Å². The van der Waals surface area contributed by atoms with E-state index in [1.54, 1.807) is 12.4 Å². The fourth-order valence-corrected chi connectivity index (χ4v) is 2.28. The number of aromatic amines is 1. The van der Waals surface area contributed by atoms with Gasteiger partial charge < -0.3 is 5.32 Å². The van der Waals surface area contributed by atoms with Crippen LogP contribution in [0.4, 0.5) is 0 Å². The number of rotatable bonds is 4. The molecule has 0 bridgehead atoms. The van der Waals surface area contributed by atoms with Gasteiger partial charge in [0.1, 0.15) is 5.69 Å². The van der Waals surface area contributed by atoms with Crippen LogP contribution in [0, 0.1) is 0 Å². The number of nitrogens with zero attached hydrogens (tertiary/aromatic N) is 4. The third-order valence-electron chi connectivity index (χ3n) is 2.46. The van der Waals surface area contributed by atoms with E-state index in [0.717, 1.165) is 10.7 Å². The van der Waals surface area contributed by atoms with Gasteiger partial charge in [0.2, 0.25) is 0 Å². The third-order valence-corrected chi connectivity index (χ3v) is 3.23. The van der Waals surface area contributed by atoms with Gasteiger partial charge in [-0.2, -0.15) is 15.4 Å². The first-order chi connectivity index (χ1) is 8.83. The lowest BCUT2D eigenvalue weighted by Crippen LogP contribution is -2.26. The molecule has 0 aliphatic rings. The minimum Gasteiger partial charge on any atom is -0.350 e. The normalized spacial score (nSPS) is 10.9. The standard InChI is InChI=1S/C10H10N6OS/c17-9(11-2-1-7-5-12-15-14-7)8-6-16-3-4-18-10(16)13-8/h3-6H,1-2H2,(H,11,17)(H,12,14,15). The van der Waals surface area contributed by atoms with Crippen LogP contribution in [0.25, 0.3) is 4.96 Å². The summed E-state index contributed by atoms with van der Waals surface area (Å²) in [5.74, 6) is -0.172. The van der Waals surface area contributed by atoms with Gasteiger partial charge in [-0.3, -0.25) is 9.20 Å². The minimum absolute atomic E-state index is 0.172. The molecule has 0 aromatic carbocycles. The van der Waals surface area contributed by atoms with Crippen molar-refractivity contribution in [3.8, 4) is 0 Å². The van der Waals surface area contributed by atoms with E-state index in [2.05, 4.69) is 25.7 Å². The first-order valence-corrected chi connectivity index (χ1v) is 6.26. The molecule has 3 heterocycles. The molecule has 0 unspecified atom stereocenters. The van der Waals surface area contributed by atoms with Crippen LogP contribution < -0.4 is 5.32 Å². The Hall–Kier alpha value is -2.22. The summed E-state index contributed by atoms with van der Waals surface area (Å²) in [6.07, 6.45) is 5.87. The van der Waals surface area contributed by atoms with Crippen LogP contribution in [0.15, 0.2) is 24.0 Å².